The van der Waals surface area contributed by atoms with Gasteiger partial charge in [0.15, 0.2) is 5.78 Å². The van der Waals surface area contributed by atoms with E-state index in [1.807, 2.05) is 0 Å². The number of ketones is 1. The molecule has 2 heterocycles. The third-order valence-corrected chi connectivity index (χ3v) is 3.06. The second-order valence-corrected chi connectivity index (χ2v) is 4.71. The van der Waals surface area contributed by atoms with Gasteiger partial charge in [-0.1, -0.05) is 5.21 Å². The maximum atomic E-state index is 11.8. The average molecular weight is 237 g/mol. The molecule has 6 nitrogen and oxygen atoms in total. The molecular weight excluding hydrogens is 218 g/mol. The van der Waals surface area contributed by atoms with Crippen LogP contribution >= 0.6 is 0 Å². The van der Waals surface area contributed by atoms with Crippen molar-refractivity contribution >= 4 is 5.78 Å². The summed E-state index contributed by atoms with van der Waals surface area (Å²) in [5.74, 6) is 0.195. The van der Waals surface area contributed by atoms with Gasteiger partial charge in [-0.3, -0.25) is 14.4 Å². The van der Waals surface area contributed by atoms with Crippen molar-refractivity contribution in [3.8, 4) is 0 Å². The highest BCUT2D eigenvalue weighted by Gasteiger charge is 2.18. The van der Waals surface area contributed by atoms with Crippen molar-refractivity contribution < 1.29 is 4.79 Å². The first-order chi connectivity index (χ1) is 8.13. The van der Waals surface area contributed by atoms with E-state index in [4.69, 9.17) is 5.73 Å². The van der Waals surface area contributed by atoms with Crippen molar-refractivity contribution in [2.75, 3.05) is 19.6 Å². The molecule has 0 spiro atoms. The van der Waals surface area contributed by atoms with Crippen LogP contribution in [-0.4, -0.2) is 51.4 Å². The Kier molecular flexibility index (Phi) is 3.86. The highest BCUT2D eigenvalue weighted by Crippen LogP contribution is 2.08. The molecule has 0 aliphatic carbocycles. The van der Waals surface area contributed by atoms with Gasteiger partial charge in [0.1, 0.15) is 0 Å². The molecule has 94 valence electrons. The number of carbonyl (C=O) groups is 1. The summed E-state index contributed by atoms with van der Waals surface area (Å²) in [5, 5.41) is 7.73. The number of nitrogens with two attached hydrogens (primary N) is 1. The van der Waals surface area contributed by atoms with Crippen LogP contribution in [0.4, 0.5) is 0 Å². The number of Topliss-reactive ketones (excluding diaryl/α,β-unsaturated/α-hetero) is 1. The maximum Gasteiger partial charge on any atom is 0.152 e. The van der Waals surface area contributed by atoms with E-state index >= 15 is 0 Å². The zero-order valence-corrected chi connectivity index (χ0v) is 10.2. The molecule has 1 aliphatic rings. The van der Waals surface area contributed by atoms with E-state index in [1.165, 1.54) is 0 Å². The average Bonchev–Trinajstić information content (AvgIpc) is 2.67. The minimum atomic E-state index is 0.195. The van der Waals surface area contributed by atoms with Crippen LogP contribution in [0.25, 0.3) is 0 Å². The Morgan fingerprint density at radius 3 is 2.82 bits per heavy atom. The Morgan fingerprint density at radius 2 is 2.24 bits per heavy atom. The van der Waals surface area contributed by atoms with Crippen LogP contribution in [0.1, 0.15) is 18.5 Å². The standard InChI is InChI=1S/C11H19N5O/c1-15-7-10(13-14-15)6-11(17)8-16-4-2-9(12)3-5-16/h7,9H,2-6,8,12H2,1H3. The molecule has 0 aromatic carbocycles. The lowest BCUT2D eigenvalue weighted by molar-refractivity contribution is -0.119. The van der Waals surface area contributed by atoms with E-state index in [9.17, 15) is 4.79 Å². The van der Waals surface area contributed by atoms with Gasteiger partial charge in [0, 0.05) is 32.4 Å². The molecule has 1 saturated heterocycles. The van der Waals surface area contributed by atoms with Crippen molar-refractivity contribution in [1.29, 1.82) is 0 Å². The molecule has 1 aliphatic heterocycles. The van der Waals surface area contributed by atoms with Crippen LogP contribution in [-0.2, 0) is 18.3 Å². The summed E-state index contributed by atoms with van der Waals surface area (Å²) in [6.45, 7) is 2.35. The van der Waals surface area contributed by atoms with Crippen LogP contribution in [0.2, 0.25) is 0 Å². The van der Waals surface area contributed by atoms with Crippen molar-refractivity contribution in [3.63, 3.8) is 0 Å². The first-order valence-electron chi connectivity index (χ1n) is 5.98. The summed E-state index contributed by atoms with van der Waals surface area (Å²) in [4.78, 5) is 14.0. The number of hydrogen-bond donors (Lipinski definition) is 1. The van der Waals surface area contributed by atoms with E-state index < -0.39 is 0 Å². The lowest BCUT2D eigenvalue weighted by atomic mass is 10.1. The minimum absolute atomic E-state index is 0.195. The maximum absolute atomic E-state index is 11.8. The van der Waals surface area contributed by atoms with Crippen molar-refractivity contribution in [1.82, 2.24) is 19.9 Å². The summed E-state index contributed by atoms with van der Waals surface area (Å²) in [6.07, 6.45) is 4.12. The summed E-state index contributed by atoms with van der Waals surface area (Å²) >= 11 is 0. The normalized spacial score (nSPS) is 18.5. The molecule has 6 heteroatoms. The Hall–Kier alpha value is -1.27. The van der Waals surface area contributed by atoms with E-state index in [-0.39, 0.29) is 5.78 Å². The summed E-state index contributed by atoms with van der Waals surface area (Å²) in [7, 11) is 1.80. The van der Waals surface area contributed by atoms with Gasteiger partial charge in [-0.15, -0.1) is 5.10 Å². The number of aromatic nitrogens is 3. The second kappa shape index (κ2) is 5.37. The van der Waals surface area contributed by atoms with E-state index in [0.29, 0.717) is 19.0 Å². The predicted octanol–water partition coefficient (Wildman–Crippen LogP) is -0.650. The monoisotopic (exact) mass is 237 g/mol. The molecule has 2 rings (SSSR count). The molecule has 1 aromatic rings. The number of carbonyl (C=O) groups excluding carboxylic acids is 1. The summed E-state index contributed by atoms with van der Waals surface area (Å²) in [5.41, 5.74) is 6.56. The smallest absolute Gasteiger partial charge is 0.152 e. The van der Waals surface area contributed by atoms with E-state index in [0.717, 1.165) is 31.6 Å². The Bertz CT molecular complexity index is 381. The summed E-state index contributed by atoms with van der Waals surface area (Å²) < 4.78 is 1.61. The van der Waals surface area contributed by atoms with Crippen molar-refractivity contribution in [3.05, 3.63) is 11.9 Å². The number of rotatable bonds is 4. The summed E-state index contributed by atoms with van der Waals surface area (Å²) in [6, 6.07) is 0.307. The number of aryl methyl sites for hydroxylation is 1. The molecule has 1 aromatic heterocycles. The third kappa shape index (κ3) is 3.61. The predicted molar refractivity (Wildman–Crippen MR) is 63.4 cm³/mol. The molecule has 0 radical (unpaired) electrons. The molecule has 0 atom stereocenters. The van der Waals surface area contributed by atoms with Gasteiger partial charge in [0.25, 0.3) is 0 Å². The first-order valence-corrected chi connectivity index (χ1v) is 5.98. The fourth-order valence-corrected chi connectivity index (χ4v) is 2.09. The van der Waals surface area contributed by atoms with Gasteiger partial charge in [0.2, 0.25) is 0 Å². The SMILES string of the molecule is Cn1cc(CC(=O)CN2CCC(N)CC2)nn1. The van der Waals surface area contributed by atoms with Crippen molar-refractivity contribution in [2.45, 2.75) is 25.3 Å². The van der Waals surface area contributed by atoms with E-state index in [1.54, 1.807) is 17.9 Å². The zero-order valence-electron chi connectivity index (χ0n) is 10.2. The van der Waals surface area contributed by atoms with Gasteiger partial charge in [0.05, 0.1) is 18.7 Å². The fourth-order valence-electron chi connectivity index (χ4n) is 2.09. The van der Waals surface area contributed by atoms with Gasteiger partial charge in [-0.05, 0) is 12.8 Å². The number of piperidine rings is 1. The molecule has 0 saturated carbocycles. The van der Waals surface area contributed by atoms with Gasteiger partial charge in [-0.25, -0.2) is 0 Å². The van der Waals surface area contributed by atoms with Crippen LogP contribution in [0.3, 0.4) is 0 Å². The molecule has 0 unspecified atom stereocenters. The Morgan fingerprint density at radius 1 is 1.53 bits per heavy atom. The molecular formula is C11H19N5O. The zero-order chi connectivity index (χ0) is 12.3. The van der Waals surface area contributed by atoms with Gasteiger partial charge >= 0.3 is 0 Å². The highest BCUT2D eigenvalue weighted by atomic mass is 16.1. The number of nitrogens with zero attached hydrogens (tertiary/aromatic N) is 4. The third-order valence-electron chi connectivity index (χ3n) is 3.06. The molecule has 17 heavy (non-hydrogen) atoms. The minimum Gasteiger partial charge on any atom is -0.328 e. The van der Waals surface area contributed by atoms with Crippen molar-refractivity contribution in [2.24, 2.45) is 12.8 Å². The molecule has 2 N–H and O–H groups in total. The Balaban J connectivity index is 1.77. The van der Waals surface area contributed by atoms with Crippen LogP contribution in [0, 0.1) is 0 Å². The quantitative estimate of drug-likeness (QED) is 0.753. The van der Waals surface area contributed by atoms with Gasteiger partial charge < -0.3 is 5.73 Å². The van der Waals surface area contributed by atoms with Crippen LogP contribution < -0.4 is 5.73 Å². The van der Waals surface area contributed by atoms with Gasteiger partial charge in [-0.2, -0.15) is 0 Å². The number of hydrogen-bond acceptors (Lipinski definition) is 5. The Labute approximate surface area is 101 Å². The largest absolute Gasteiger partial charge is 0.328 e. The highest BCUT2D eigenvalue weighted by molar-refractivity contribution is 5.82. The van der Waals surface area contributed by atoms with E-state index in [2.05, 4.69) is 15.2 Å². The molecule has 1 fully saturated rings. The second-order valence-electron chi connectivity index (χ2n) is 4.71. The fraction of sp³-hybridized carbons (Fsp3) is 0.727. The topological polar surface area (TPSA) is 77.0 Å². The molecule has 0 bridgehead atoms. The number of likely N-dealkylation sites (tertiary alicyclic amines) is 1. The van der Waals surface area contributed by atoms with Crippen LogP contribution in [0.5, 0.6) is 0 Å². The molecule has 0 amide bonds. The van der Waals surface area contributed by atoms with Crippen LogP contribution in [0.15, 0.2) is 6.20 Å². The first kappa shape index (κ1) is 12.2. The lowest BCUT2D eigenvalue weighted by Crippen LogP contribution is -2.42. The lowest BCUT2D eigenvalue weighted by Gasteiger charge is -2.29.